The van der Waals surface area contributed by atoms with Gasteiger partial charge in [-0.15, -0.1) is 12.4 Å². The molecule has 2 heterocycles. The van der Waals surface area contributed by atoms with Gasteiger partial charge in [0, 0.05) is 32.4 Å². The van der Waals surface area contributed by atoms with Crippen LogP contribution >= 0.6 is 35.6 Å². The van der Waals surface area contributed by atoms with Crippen molar-refractivity contribution in [1.29, 1.82) is 0 Å². The van der Waals surface area contributed by atoms with Gasteiger partial charge in [-0.2, -0.15) is 0 Å². The lowest BCUT2D eigenvalue weighted by atomic mass is 10.3. The van der Waals surface area contributed by atoms with Gasteiger partial charge in [-0.25, -0.2) is 4.98 Å². The summed E-state index contributed by atoms with van der Waals surface area (Å²) in [5, 5.41) is 4.21. The zero-order valence-corrected chi connectivity index (χ0v) is 10.4. The normalized spacial score (nSPS) is 16.0. The molecule has 1 fully saturated rings. The van der Waals surface area contributed by atoms with E-state index in [9.17, 15) is 0 Å². The van der Waals surface area contributed by atoms with Crippen molar-refractivity contribution in [3.05, 3.63) is 22.4 Å². The number of hydrogen-bond acceptors (Lipinski definition) is 3. The fourth-order valence-corrected chi connectivity index (χ4v) is 1.94. The second-order valence-corrected chi connectivity index (χ2v) is 3.91. The van der Waals surface area contributed by atoms with Crippen LogP contribution in [0.1, 0.15) is 0 Å². The maximum atomic E-state index is 6.07. The smallest absolute Gasteiger partial charge is 0.149 e. The van der Waals surface area contributed by atoms with E-state index < -0.39 is 0 Å². The van der Waals surface area contributed by atoms with Crippen LogP contribution < -0.4 is 10.2 Å². The van der Waals surface area contributed by atoms with E-state index in [2.05, 4.69) is 15.2 Å². The van der Waals surface area contributed by atoms with Crippen molar-refractivity contribution in [1.82, 2.24) is 10.3 Å². The molecule has 0 radical (unpaired) electrons. The molecule has 1 N–H and O–H groups in total. The molecular formula is C9H12Cl3N3. The first-order valence-corrected chi connectivity index (χ1v) is 5.30. The first-order chi connectivity index (χ1) is 6.79. The van der Waals surface area contributed by atoms with Crippen LogP contribution in [-0.4, -0.2) is 31.2 Å². The van der Waals surface area contributed by atoms with Gasteiger partial charge < -0.3 is 10.2 Å². The molecule has 0 bridgehead atoms. The van der Waals surface area contributed by atoms with Crippen LogP contribution in [0.25, 0.3) is 0 Å². The lowest BCUT2D eigenvalue weighted by molar-refractivity contribution is 0.589. The third kappa shape index (κ3) is 2.88. The van der Waals surface area contributed by atoms with E-state index in [1.165, 1.54) is 0 Å². The monoisotopic (exact) mass is 267 g/mol. The molecule has 84 valence electrons. The topological polar surface area (TPSA) is 28.2 Å². The molecule has 1 aliphatic heterocycles. The van der Waals surface area contributed by atoms with Crippen LogP contribution in [0, 0.1) is 0 Å². The van der Waals surface area contributed by atoms with Gasteiger partial charge in [0.15, 0.2) is 0 Å². The third-order valence-corrected chi connectivity index (χ3v) is 3.04. The number of nitrogens with one attached hydrogen (secondary N) is 1. The van der Waals surface area contributed by atoms with E-state index in [0.29, 0.717) is 10.2 Å². The Morgan fingerprint density at radius 3 is 2.60 bits per heavy atom. The summed E-state index contributed by atoms with van der Waals surface area (Å²) in [6.07, 6.45) is 1.69. The molecule has 0 saturated carbocycles. The van der Waals surface area contributed by atoms with Crippen LogP contribution in [0.4, 0.5) is 5.69 Å². The Hall–Kier alpha value is -0.220. The zero-order valence-electron chi connectivity index (χ0n) is 8.04. The molecule has 0 amide bonds. The predicted octanol–water partition coefficient (Wildman–Crippen LogP) is 2.22. The zero-order chi connectivity index (χ0) is 9.97. The molecule has 0 aromatic carbocycles. The van der Waals surface area contributed by atoms with E-state index in [1.54, 1.807) is 6.20 Å². The third-order valence-electron chi connectivity index (χ3n) is 2.28. The maximum Gasteiger partial charge on any atom is 0.149 e. The standard InChI is InChI=1S/C9H11Cl2N3.ClH/c10-8-7(1-2-13-9(8)11)14-5-3-12-4-6-14;/h1-2,12H,3-6H2;1H. The molecule has 2 rings (SSSR count). The fraction of sp³-hybridized carbons (Fsp3) is 0.444. The van der Waals surface area contributed by atoms with Gasteiger partial charge in [0.05, 0.1) is 5.69 Å². The molecule has 0 atom stereocenters. The first-order valence-electron chi connectivity index (χ1n) is 4.54. The number of anilines is 1. The van der Waals surface area contributed by atoms with Crippen molar-refractivity contribution in [2.75, 3.05) is 31.1 Å². The van der Waals surface area contributed by atoms with Crippen LogP contribution in [0.3, 0.4) is 0 Å². The largest absolute Gasteiger partial charge is 0.368 e. The molecule has 6 heteroatoms. The van der Waals surface area contributed by atoms with E-state index in [4.69, 9.17) is 23.2 Å². The summed E-state index contributed by atoms with van der Waals surface area (Å²) >= 11 is 11.9. The van der Waals surface area contributed by atoms with Gasteiger partial charge in [0.25, 0.3) is 0 Å². The molecule has 0 unspecified atom stereocenters. The highest BCUT2D eigenvalue weighted by Gasteiger charge is 2.14. The van der Waals surface area contributed by atoms with Crippen molar-refractivity contribution in [3.8, 4) is 0 Å². The highest BCUT2D eigenvalue weighted by atomic mass is 35.5. The van der Waals surface area contributed by atoms with Crippen LogP contribution in [0.5, 0.6) is 0 Å². The second-order valence-electron chi connectivity index (χ2n) is 3.17. The van der Waals surface area contributed by atoms with Gasteiger partial charge >= 0.3 is 0 Å². The average molecular weight is 269 g/mol. The van der Waals surface area contributed by atoms with Crippen LogP contribution in [0.15, 0.2) is 12.3 Å². The minimum absolute atomic E-state index is 0. The van der Waals surface area contributed by atoms with Gasteiger partial charge in [-0.05, 0) is 6.07 Å². The molecule has 1 aromatic rings. The van der Waals surface area contributed by atoms with Crippen molar-refractivity contribution < 1.29 is 0 Å². The van der Waals surface area contributed by atoms with Crippen molar-refractivity contribution in [3.63, 3.8) is 0 Å². The van der Waals surface area contributed by atoms with Gasteiger partial charge in [-0.1, -0.05) is 23.2 Å². The average Bonchev–Trinajstić information content (AvgIpc) is 2.23. The van der Waals surface area contributed by atoms with Crippen molar-refractivity contribution >= 4 is 41.3 Å². The Kier molecular flexibility index (Phi) is 4.93. The van der Waals surface area contributed by atoms with Crippen LogP contribution in [-0.2, 0) is 0 Å². The van der Waals surface area contributed by atoms with E-state index >= 15 is 0 Å². The lowest BCUT2D eigenvalue weighted by Crippen LogP contribution is -2.43. The van der Waals surface area contributed by atoms with Crippen molar-refractivity contribution in [2.45, 2.75) is 0 Å². The molecule has 15 heavy (non-hydrogen) atoms. The Labute approximate surface area is 105 Å². The first kappa shape index (κ1) is 12.8. The summed E-state index contributed by atoms with van der Waals surface area (Å²) < 4.78 is 0. The quantitative estimate of drug-likeness (QED) is 0.792. The van der Waals surface area contributed by atoms with E-state index in [1.807, 2.05) is 6.07 Å². The number of piperazine rings is 1. The Morgan fingerprint density at radius 2 is 1.93 bits per heavy atom. The number of nitrogens with zero attached hydrogens (tertiary/aromatic N) is 2. The maximum absolute atomic E-state index is 6.07. The van der Waals surface area contributed by atoms with E-state index in [-0.39, 0.29) is 12.4 Å². The second kappa shape index (κ2) is 5.75. The summed E-state index contributed by atoms with van der Waals surface area (Å²) in [5.74, 6) is 0. The van der Waals surface area contributed by atoms with E-state index in [0.717, 1.165) is 31.9 Å². The number of rotatable bonds is 1. The van der Waals surface area contributed by atoms with Crippen LogP contribution in [0.2, 0.25) is 10.2 Å². The molecule has 3 nitrogen and oxygen atoms in total. The number of aromatic nitrogens is 1. The Bertz CT molecular complexity index is 326. The van der Waals surface area contributed by atoms with Gasteiger partial charge in [0.2, 0.25) is 0 Å². The molecule has 0 spiro atoms. The summed E-state index contributed by atoms with van der Waals surface area (Å²) in [6.45, 7) is 3.88. The van der Waals surface area contributed by atoms with Crippen molar-refractivity contribution in [2.24, 2.45) is 0 Å². The number of halogens is 3. The summed E-state index contributed by atoms with van der Waals surface area (Å²) in [5.41, 5.74) is 0.980. The molecule has 1 aliphatic rings. The summed E-state index contributed by atoms with van der Waals surface area (Å²) in [6, 6.07) is 1.90. The lowest BCUT2D eigenvalue weighted by Gasteiger charge is -2.30. The highest BCUT2D eigenvalue weighted by molar-refractivity contribution is 6.42. The fourth-order valence-electron chi connectivity index (χ4n) is 1.56. The van der Waals surface area contributed by atoms with Gasteiger partial charge in [-0.3, -0.25) is 0 Å². The molecule has 1 saturated heterocycles. The minimum atomic E-state index is 0. The van der Waals surface area contributed by atoms with Gasteiger partial charge in [0.1, 0.15) is 10.2 Å². The summed E-state index contributed by atoms with van der Waals surface area (Å²) in [4.78, 5) is 6.14. The minimum Gasteiger partial charge on any atom is -0.368 e. The molecular weight excluding hydrogens is 256 g/mol. The predicted molar refractivity (Wildman–Crippen MR) is 66.6 cm³/mol. The SMILES string of the molecule is Cl.Clc1nccc(N2CCNCC2)c1Cl. The molecule has 1 aromatic heterocycles. The number of hydrogen-bond donors (Lipinski definition) is 1. The highest BCUT2D eigenvalue weighted by Crippen LogP contribution is 2.30. The summed E-state index contributed by atoms with van der Waals surface area (Å²) in [7, 11) is 0. The Balaban J connectivity index is 0.00000112. The Morgan fingerprint density at radius 1 is 1.27 bits per heavy atom. The number of pyridine rings is 1. The molecule has 0 aliphatic carbocycles.